The normalized spacial score (nSPS) is 9.40. The van der Waals surface area contributed by atoms with Gasteiger partial charge in [0.2, 0.25) is 5.91 Å². The number of carbonyl (C=O) groups is 3. The summed E-state index contributed by atoms with van der Waals surface area (Å²) >= 11 is 0. The van der Waals surface area contributed by atoms with E-state index in [9.17, 15) is 14.4 Å². The van der Waals surface area contributed by atoms with Gasteiger partial charge < -0.3 is 15.7 Å². The summed E-state index contributed by atoms with van der Waals surface area (Å²) in [5.41, 5.74) is 0.851. The van der Waals surface area contributed by atoms with Gasteiger partial charge >= 0.3 is 5.97 Å². The lowest BCUT2D eigenvalue weighted by Gasteiger charge is -2.06. The molecule has 1 aromatic rings. The number of aryl methyl sites for hydroxylation is 1. The van der Waals surface area contributed by atoms with Gasteiger partial charge in [0, 0.05) is 0 Å². The van der Waals surface area contributed by atoms with Crippen LogP contribution >= 0.6 is 0 Å². The van der Waals surface area contributed by atoms with Gasteiger partial charge in [-0.2, -0.15) is 5.26 Å². The topological polar surface area (TPSA) is 132 Å². The summed E-state index contributed by atoms with van der Waals surface area (Å²) in [6.45, 7) is 0.727. The van der Waals surface area contributed by atoms with Crippen molar-refractivity contribution in [3.05, 3.63) is 29.1 Å². The molecular formula is C12H12N4O4. The van der Waals surface area contributed by atoms with E-state index in [2.05, 4.69) is 15.6 Å². The Balaban J connectivity index is 2.55. The van der Waals surface area contributed by atoms with Crippen molar-refractivity contribution in [1.29, 1.82) is 5.26 Å². The van der Waals surface area contributed by atoms with Crippen molar-refractivity contribution < 1.29 is 19.5 Å². The number of pyridine rings is 1. The van der Waals surface area contributed by atoms with Gasteiger partial charge in [0.1, 0.15) is 18.3 Å². The molecule has 1 rings (SSSR count). The quantitative estimate of drug-likeness (QED) is 0.644. The van der Waals surface area contributed by atoms with Crippen molar-refractivity contribution in [2.75, 3.05) is 13.1 Å². The van der Waals surface area contributed by atoms with Crippen LogP contribution in [0.25, 0.3) is 0 Å². The summed E-state index contributed by atoms with van der Waals surface area (Å²) in [6, 6.07) is 4.76. The third kappa shape index (κ3) is 4.38. The van der Waals surface area contributed by atoms with Crippen molar-refractivity contribution in [3.8, 4) is 6.07 Å². The van der Waals surface area contributed by atoms with Gasteiger partial charge in [-0.3, -0.25) is 14.4 Å². The van der Waals surface area contributed by atoms with Crippen molar-refractivity contribution in [3.63, 3.8) is 0 Å². The van der Waals surface area contributed by atoms with E-state index in [0.717, 1.165) is 0 Å². The Morgan fingerprint density at radius 3 is 2.55 bits per heavy atom. The van der Waals surface area contributed by atoms with Gasteiger partial charge in [-0.15, -0.1) is 0 Å². The molecule has 0 spiro atoms. The van der Waals surface area contributed by atoms with Gasteiger partial charge in [0.05, 0.1) is 17.8 Å². The molecule has 0 fully saturated rings. The number of hydrogen-bond donors (Lipinski definition) is 3. The predicted molar refractivity (Wildman–Crippen MR) is 66.7 cm³/mol. The molecule has 2 amide bonds. The third-order valence-electron chi connectivity index (χ3n) is 2.29. The highest BCUT2D eigenvalue weighted by Gasteiger charge is 2.11. The van der Waals surface area contributed by atoms with Crippen LogP contribution in [0.4, 0.5) is 0 Å². The van der Waals surface area contributed by atoms with E-state index in [4.69, 9.17) is 10.4 Å². The van der Waals surface area contributed by atoms with Crippen LogP contribution < -0.4 is 10.6 Å². The van der Waals surface area contributed by atoms with Crippen molar-refractivity contribution in [2.24, 2.45) is 0 Å². The maximum absolute atomic E-state index is 11.7. The Kier molecular flexibility index (Phi) is 5.17. The highest BCUT2D eigenvalue weighted by Crippen LogP contribution is 2.05. The number of carboxylic acid groups (broad SMARTS) is 1. The zero-order valence-electron chi connectivity index (χ0n) is 10.6. The Morgan fingerprint density at radius 1 is 1.30 bits per heavy atom. The lowest BCUT2D eigenvalue weighted by Crippen LogP contribution is -2.39. The number of carboxylic acids is 1. The number of aliphatic carboxylic acids is 1. The molecule has 0 aromatic carbocycles. The Labute approximate surface area is 114 Å². The molecule has 0 radical (unpaired) electrons. The monoisotopic (exact) mass is 276 g/mol. The van der Waals surface area contributed by atoms with Crippen molar-refractivity contribution in [2.45, 2.75) is 6.92 Å². The van der Waals surface area contributed by atoms with Crippen molar-refractivity contribution in [1.82, 2.24) is 15.6 Å². The van der Waals surface area contributed by atoms with E-state index in [-0.39, 0.29) is 12.2 Å². The van der Waals surface area contributed by atoms with E-state index in [1.165, 1.54) is 12.1 Å². The first kappa shape index (κ1) is 15.1. The van der Waals surface area contributed by atoms with Gasteiger partial charge in [-0.25, -0.2) is 4.98 Å². The molecule has 1 heterocycles. The van der Waals surface area contributed by atoms with Gasteiger partial charge in [-0.05, 0) is 19.1 Å². The maximum Gasteiger partial charge on any atom is 0.322 e. The maximum atomic E-state index is 11.7. The molecule has 0 aliphatic heterocycles. The van der Waals surface area contributed by atoms with Gasteiger partial charge in [0.15, 0.2) is 0 Å². The second-order valence-corrected chi connectivity index (χ2v) is 3.79. The molecule has 8 nitrogen and oxygen atoms in total. The first-order valence-corrected chi connectivity index (χ1v) is 5.58. The number of hydrogen-bond acceptors (Lipinski definition) is 5. The van der Waals surface area contributed by atoms with Crippen LogP contribution in [0.5, 0.6) is 0 Å². The molecule has 104 valence electrons. The zero-order chi connectivity index (χ0) is 15.1. The van der Waals surface area contributed by atoms with Crippen LogP contribution in [0.15, 0.2) is 12.1 Å². The summed E-state index contributed by atoms with van der Waals surface area (Å²) in [5.74, 6) is -2.37. The summed E-state index contributed by atoms with van der Waals surface area (Å²) in [4.78, 5) is 37.0. The van der Waals surface area contributed by atoms with E-state index < -0.39 is 24.3 Å². The Bertz CT molecular complexity index is 592. The lowest BCUT2D eigenvalue weighted by molar-refractivity contribution is -0.137. The molecule has 0 saturated carbocycles. The summed E-state index contributed by atoms with van der Waals surface area (Å²) < 4.78 is 0. The molecule has 20 heavy (non-hydrogen) atoms. The average molecular weight is 276 g/mol. The number of carbonyl (C=O) groups excluding carboxylic acids is 2. The molecule has 8 heteroatoms. The third-order valence-corrected chi connectivity index (χ3v) is 2.29. The van der Waals surface area contributed by atoms with Crippen LogP contribution in [-0.4, -0.2) is 41.0 Å². The first-order valence-electron chi connectivity index (χ1n) is 5.58. The van der Waals surface area contributed by atoms with Crippen LogP contribution in [0.2, 0.25) is 0 Å². The number of nitrogens with one attached hydrogen (secondary N) is 2. The number of amides is 2. The fraction of sp³-hybridized carbons (Fsp3) is 0.250. The molecule has 0 atom stereocenters. The van der Waals surface area contributed by atoms with Gasteiger partial charge in [0.25, 0.3) is 5.91 Å². The fourth-order valence-electron chi connectivity index (χ4n) is 1.29. The Morgan fingerprint density at radius 2 is 2.00 bits per heavy atom. The highest BCUT2D eigenvalue weighted by atomic mass is 16.4. The summed E-state index contributed by atoms with van der Waals surface area (Å²) in [7, 11) is 0. The first-order chi connectivity index (χ1) is 9.43. The average Bonchev–Trinajstić information content (AvgIpc) is 2.42. The molecular weight excluding hydrogens is 264 g/mol. The number of aromatic nitrogens is 1. The number of nitriles is 1. The zero-order valence-corrected chi connectivity index (χ0v) is 10.6. The largest absolute Gasteiger partial charge is 0.480 e. The van der Waals surface area contributed by atoms with E-state index >= 15 is 0 Å². The smallest absolute Gasteiger partial charge is 0.322 e. The molecule has 0 aliphatic rings. The highest BCUT2D eigenvalue weighted by molar-refractivity contribution is 5.95. The van der Waals surface area contributed by atoms with E-state index in [1.807, 2.05) is 6.07 Å². The molecule has 1 aromatic heterocycles. The van der Waals surface area contributed by atoms with Crippen LogP contribution in [-0.2, 0) is 9.59 Å². The fourth-order valence-corrected chi connectivity index (χ4v) is 1.29. The second-order valence-electron chi connectivity index (χ2n) is 3.79. The van der Waals surface area contributed by atoms with Crippen LogP contribution in [0, 0.1) is 18.3 Å². The predicted octanol–water partition coefficient (Wildman–Crippen LogP) is -0.808. The van der Waals surface area contributed by atoms with Crippen LogP contribution in [0.1, 0.15) is 21.7 Å². The van der Waals surface area contributed by atoms with Crippen LogP contribution in [0.3, 0.4) is 0 Å². The second kappa shape index (κ2) is 6.84. The van der Waals surface area contributed by atoms with Crippen molar-refractivity contribution >= 4 is 17.8 Å². The number of rotatable bonds is 5. The minimum absolute atomic E-state index is 0.0764. The Hall–Kier alpha value is -2.95. The summed E-state index contributed by atoms with van der Waals surface area (Å²) in [6.07, 6.45) is 0. The molecule has 0 unspecified atom stereocenters. The SMILES string of the molecule is Cc1nc(C(=O)NCC(=O)NCC(=O)O)ccc1C#N. The standard InChI is InChI=1S/C12H12N4O4/c1-7-8(4-13)2-3-9(16-7)12(20)15-5-10(17)14-6-11(18)19/h2-3H,5-6H2,1H3,(H,14,17)(H,15,20)(H,18,19). The van der Waals surface area contributed by atoms with E-state index in [1.54, 1.807) is 6.92 Å². The molecule has 0 saturated heterocycles. The molecule has 0 bridgehead atoms. The van der Waals surface area contributed by atoms with Gasteiger partial charge in [-0.1, -0.05) is 0 Å². The minimum Gasteiger partial charge on any atom is -0.480 e. The molecule has 0 aliphatic carbocycles. The minimum atomic E-state index is -1.17. The molecule has 3 N–H and O–H groups in total. The lowest BCUT2D eigenvalue weighted by atomic mass is 10.2. The number of nitrogens with zero attached hydrogens (tertiary/aromatic N) is 2. The van der Waals surface area contributed by atoms with E-state index in [0.29, 0.717) is 11.3 Å². The summed E-state index contributed by atoms with van der Waals surface area (Å²) in [5, 5.41) is 21.5.